The highest BCUT2D eigenvalue weighted by Crippen LogP contribution is 1.80. The van der Waals surface area contributed by atoms with Crippen molar-refractivity contribution in [1.82, 2.24) is 0 Å². The molecule has 0 aliphatic rings. The van der Waals surface area contributed by atoms with Gasteiger partial charge in [-0.3, -0.25) is 10.5 Å². The van der Waals surface area contributed by atoms with Crippen LogP contribution in [0.2, 0.25) is 0 Å². The van der Waals surface area contributed by atoms with Gasteiger partial charge in [-0.25, -0.2) is 0 Å². The number of aldehydes is 1. The molecule has 0 aromatic carbocycles. The lowest BCUT2D eigenvalue weighted by Crippen LogP contribution is -2.44. The highest BCUT2D eigenvalue weighted by atomic mass is 16.1. The lowest BCUT2D eigenvalue weighted by molar-refractivity contribution is -0.707. The van der Waals surface area contributed by atoms with E-state index in [9.17, 15) is 4.79 Å². The Morgan fingerprint density at radius 2 is 1.90 bits per heavy atom. The van der Waals surface area contributed by atoms with E-state index < -0.39 is 6.17 Å². The average Bonchev–Trinajstić information content (AvgIpc) is 2.05. The molecule has 0 radical (unpaired) electrons. The molecule has 0 aliphatic carbocycles. The maximum Gasteiger partial charge on any atom is 0.265 e. The average molecular weight is 137 g/mol. The quantitative estimate of drug-likeness (QED) is 0.446. The second kappa shape index (κ2) is 3.08. The maximum atomic E-state index is 10.2. The summed E-state index contributed by atoms with van der Waals surface area (Å²) in [5.41, 5.74) is 5.39. The van der Waals surface area contributed by atoms with Crippen LogP contribution >= 0.6 is 0 Å². The van der Waals surface area contributed by atoms with Crippen LogP contribution in [-0.2, 0) is 4.79 Å². The van der Waals surface area contributed by atoms with Crippen LogP contribution < -0.4 is 10.3 Å². The van der Waals surface area contributed by atoms with Gasteiger partial charge in [0.25, 0.3) is 6.17 Å². The predicted octanol–water partition coefficient (Wildman–Crippen LogP) is -0.370. The third kappa shape index (κ3) is 1.39. The van der Waals surface area contributed by atoms with E-state index in [4.69, 9.17) is 5.73 Å². The normalized spacial score (nSPS) is 12.5. The Morgan fingerprint density at radius 3 is 2.40 bits per heavy atom. The number of aromatic nitrogens is 1. The Labute approximate surface area is 59.1 Å². The van der Waals surface area contributed by atoms with Crippen LogP contribution in [0.5, 0.6) is 0 Å². The molecule has 0 amide bonds. The highest BCUT2D eigenvalue weighted by molar-refractivity contribution is 5.51. The van der Waals surface area contributed by atoms with Crippen LogP contribution in [0.25, 0.3) is 0 Å². The van der Waals surface area contributed by atoms with Crippen LogP contribution in [0, 0.1) is 0 Å². The molecule has 2 N–H and O–H groups in total. The predicted molar refractivity (Wildman–Crippen MR) is 35.9 cm³/mol. The minimum Gasteiger partial charge on any atom is -0.294 e. The smallest absolute Gasteiger partial charge is 0.265 e. The van der Waals surface area contributed by atoms with E-state index >= 15 is 0 Å². The summed E-state index contributed by atoms with van der Waals surface area (Å²) in [6.45, 7) is 0. The van der Waals surface area contributed by atoms with Gasteiger partial charge in [0.15, 0.2) is 12.4 Å². The Hall–Kier alpha value is -1.22. The standard InChI is InChI=1S/C7H9N2O/c8-7(6-10)9-4-2-1-3-5-9/h1-7H,8H2/q+1. The fourth-order valence-electron chi connectivity index (χ4n) is 0.681. The van der Waals surface area contributed by atoms with Gasteiger partial charge < -0.3 is 0 Å². The number of hydrogen-bond acceptors (Lipinski definition) is 2. The zero-order chi connectivity index (χ0) is 7.40. The number of nitrogens with two attached hydrogens (primary N) is 1. The Balaban J connectivity index is 2.84. The molecular formula is C7H9N2O+. The van der Waals surface area contributed by atoms with Crippen molar-refractivity contribution in [2.24, 2.45) is 5.73 Å². The topological polar surface area (TPSA) is 47.0 Å². The monoisotopic (exact) mass is 137 g/mol. The van der Waals surface area contributed by atoms with Crippen molar-refractivity contribution in [1.29, 1.82) is 0 Å². The fourth-order valence-corrected chi connectivity index (χ4v) is 0.681. The lowest BCUT2D eigenvalue weighted by atomic mass is 10.4. The van der Waals surface area contributed by atoms with E-state index in [0.717, 1.165) is 0 Å². The van der Waals surface area contributed by atoms with Crippen LogP contribution in [-0.4, -0.2) is 6.29 Å². The third-order valence-corrected chi connectivity index (χ3v) is 1.22. The van der Waals surface area contributed by atoms with E-state index in [0.29, 0.717) is 6.29 Å². The molecular weight excluding hydrogens is 128 g/mol. The molecule has 3 heteroatoms. The van der Waals surface area contributed by atoms with Crippen molar-refractivity contribution >= 4 is 6.29 Å². The molecule has 52 valence electrons. The number of pyridine rings is 1. The summed E-state index contributed by atoms with van der Waals surface area (Å²) in [5, 5.41) is 0. The largest absolute Gasteiger partial charge is 0.294 e. The number of hydrogen-bond donors (Lipinski definition) is 1. The molecule has 1 atom stereocenters. The van der Waals surface area contributed by atoms with Crippen molar-refractivity contribution in [3.63, 3.8) is 0 Å². The molecule has 1 aromatic heterocycles. The Morgan fingerprint density at radius 1 is 1.30 bits per heavy atom. The Bertz CT molecular complexity index is 210. The van der Waals surface area contributed by atoms with Crippen molar-refractivity contribution in [2.45, 2.75) is 6.17 Å². The first-order valence-electron chi connectivity index (χ1n) is 3.01. The molecule has 0 fully saturated rings. The van der Waals surface area contributed by atoms with E-state index in [2.05, 4.69) is 0 Å². The van der Waals surface area contributed by atoms with E-state index in [-0.39, 0.29) is 0 Å². The van der Waals surface area contributed by atoms with Gasteiger partial charge in [-0.05, 0) is 0 Å². The number of nitrogens with zero attached hydrogens (tertiary/aromatic N) is 1. The van der Waals surface area contributed by atoms with Gasteiger partial charge in [-0.2, -0.15) is 4.57 Å². The van der Waals surface area contributed by atoms with Gasteiger partial charge in [0.05, 0.1) is 0 Å². The van der Waals surface area contributed by atoms with E-state index in [1.54, 1.807) is 17.0 Å². The van der Waals surface area contributed by atoms with Crippen LogP contribution in [0.3, 0.4) is 0 Å². The molecule has 0 saturated carbocycles. The SMILES string of the molecule is NC(C=O)[n+]1ccccc1. The first-order chi connectivity index (χ1) is 4.84. The van der Waals surface area contributed by atoms with Gasteiger partial charge in [-0.1, -0.05) is 6.07 Å². The fraction of sp³-hybridized carbons (Fsp3) is 0.143. The van der Waals surface area contributed by atoms with Gasteiger partial charge in [0.2, 0.25) is 6.29 Å². The van der Waals surface area contributed by atoms with E-state index in [1.807, 2.05) is 18.2 Å². The van der Waals surface area contributed by atoms with Crippen molar-refractivity contribution in [3.8, 4) is 0 Å². The summed E-state index contributed by atoms with van der Waals surface area (Å²) in [7, 11) is 0. The molecule has 0 saturated heterocycles. The van der Waals surface area contributed by atoms with Gasteiger partial charge in [0, 0.05) is 12.1 Å². The zero-order valence-corrected chi connectivity index (χ0v) is 5.47. The third-order valence-electron chi connectivity index (χ3n) is 1.22. The van der Waals surface area contributed by atoms with Crippen LogP contribution in [0.15, 0.2) is 30.6 Å². The molecule has 1 heterocycles. The summed E-state index contributed by atoms with van der Waals surface area (Å²) in [5.74, 6) is 0. The summed E-state index contributed by atoms with van der Waals surface area (Å²) >= 11 is 0. The molecule has 1 rings (SSSR count). The molecule has 0 bridgehead atoms. The highest BCUT2D eigenvalue weighted by Gasteiger charge is 2.07. The minimum atomic E-state index is -0.554. The van der Waals surface area contributed by atoms with Crippen LogP contribution in [0.4, 0.5) is 0 Å². The second-order valence-corrected chi connectivity index (χ2v) is 1.95. The molecule has 3 nitrogen and oxygen atoms in total. The summed E-state index contributed by atoms with van der Waals surface area (Å²) in [6, 6.07) is 5.51. The first-order valence-corrected chi connectivity index (χ1v) is 3.01. The maximum absolute atomic E-state index is 10.2. The number of carbonyl (C=O) groups is 1. The summed E-state index contributed by atoms with van der Waals surface area (Å²) in [6.07, 6.45) is 3.64. The molecule has 0 aliphatic heterocycles. The molecule has 10 heavy (non-hydrogen) atoms. The first kappa shape index (κ1) is 6.89. The Kier molecular flexibility index (Phi) is 2.12. The minimum absolute atomic E-state index is 0.554. The molecule has 0 spiro atoms. The van der Waals surface area contributed by atoms with Crippen LogP contribution in [0.1, 0.15) is 6.17 Å². The number of rotatable bonds is 2. The summed E-state index contributed by atoms with van der Waals surface area (Å²) in [4.78, 5) is 10.2. The van der Waals surface area contributed by atoms with Crippen molar-refractivity contribution in [2.75, 3.05) is 0 Å². The van der Waals surface area contributed by atoms with Crippen molar-refractivity contribution in [3.05, 3.63) is 30.6 Å². The second-order valence-electron chi connectivity index (χ2n) is 1.95. The zero-order valence-electron chi connectivity index (χ0n) is 5.47. The van der Waals surface area contributed by atoms with Gasteiger partial charge >= 0.3 is 0 Å². The molecule has 1 unspecified atom stereocenters. The molecule has 1 aromatic rings. The van der Waals surface area contributed by atoms with Gasteiger partial charge in [0.1, 0.15) is 0 Å². The van der Waals surface area contributed by atoms with E-state index in [1.165, 1.54) is 0 Å². The number of carbonyl (C=O) groups excluding carboxylic acids is 1. The summed E-state index contributed by atoms with van der Waals surface area (Å²) < 4.78 is 1.63. The van der Waals surface area contributed by atoms with Crippen molar-refractivity contribution < 1.29 is 9.36 Å². The van der Waals surface area contributed by atoms with Gasteiger partial charge in [-0.15, -0.1) is 0 Å². The lowest BCUT2D eigenvalue weighted by Gasteiger charge is -1.95.